The maximum atomic E-state index is 8.96. The van der Waals surface area contributed by atoms with Gasteiger partial charge in [-0.2, -0.15) is 5.26 Å². The normalized spacial score (nSPS) is 10.4. The predicted molar refractivity (Wildman–Crippen MR) is 80.1 cm³/mol. The van der Waals surface area contributed by atoms with Gasteiger partial charge in [-0.1, -0.05) is 13.2 Å². The molecule has 5 nitrogen and oxygen atoms in total. The third-order valence-corrected chi connectivity index (χ3v) is 2.65. The Morgan fingerprint density at radius 2 is 2.30 bits per heavy atom. The number of rotatable bonds is 6. The predicted octanol–water partition coefficient (Wildman–Crippen LogP) is 2.55. The molecule has 0 aliphatic heterocycles. The Labute approximate surface area is 119 Å². The molecule has 0 bridgehead atoms. The highest BCUT2D eigenvalue weighted by Crippen LogP contribution is 2.23. The van der Waals surface area contributed by atoms with E-state index in [2.05, 4.69) is 23.5 Å². The first-order valence-electron chi connectivity index (χ1n) is 5.97. The van der Waals surface area contributed by atoms with E-state index in [0.29, 0.717) is 17.1 Å². The van der Waals surface area contributed by atoms with Gasteiger partial charge < -0.3 is 15.0 Å². The molecular weight excluding hydrogens is 252 g/mol. The van der Waals surface area contributed by atoms with Crippen molar-refractivity contribution in [3.05, 3.63) is 54.7 Å². The monoisotopic (exact) mass is 270 g/mol. The van der Waals surface area contributed by atoms with Gasteiger partial charge in [-0.25, -0.2) is 4.98 Å². The Hall–Kier alpha value is -2.74. The molecule has 0 saturated carbocycles. The van der Waals surface area contributed by atoms with Crippen LogP contribution in [-0.4, -0.2) is 19.1 Å². The largest absolute Gasteiger partial charge is 0.495 e. The van der Waals surface area contributed by atoms with Crippen molar-refractivity contribution in [1.82, 2.24) is 10.3 Å². The number of ether oxygens (including phenoxy) is 1. The van der Waals surface area contributed by atoms with Gasteiger partial charge in [-0.15, -0.1) is 0 Å². The van der Waals surface area contributed by atoms with E-state index in [-0.39, 0.29) is 0 Å². The van der Waals surface area contributed by atoms with Crippen LogP contribution in [-0.2, 0) is 0 Å². The zero-order chi connectivity index (χ0) is 15.1. The van der Waals surface area contributed by atoms with Crippen molar-refractivity contribution in [1.29, 1.82) is 5.26 Å². The van der Waals surface area contributed by atoms with E-state index < -0.39 is 0 Å². The minimum absolute atomic E-state index is 0.387. The first kappa shape index (κ1) is 15.3. The minimum Gasteiger partial charge on any atom is -0.495 e. The van der Waals surface area contributed by atoms with Gasteiger partial charge in [-0.05, 0) is 12.5 Å². The lowest BCUT2D eigenvalue weighted by Gasteiger charge is -2.18. The van der Waals surface area contributed by atoms with Crippen LogP contribution in [0, 0.1) is 11.3 Å². The lowest BCUT2D eigenvalue weighted by Crippen LogP contribution is -2.15. The molecule has 0 saturated heterocycles. The maximum absolute atomic E-state index is 8.96. The van der Waals surface area contributed by atoms with E-state index in [1.807, 2.05) is 26.2 Å². The summed E-state index contributed by atoms with van der Waals surface area (Å²) < 4.78 is 5.17. The summed E-state index contributed by atoms with van der Waals surface area (Å²) in [6, 6.07) is 3.71. The summed E-state index contributed by atoms with van der Waals surface area (Å²) in [6.07, 6.45) is 4.91. The summed E-state index contributed by atoms with van der Waals surface area (Å²) in [7, 11) is 3.33. The lowest BCUT2D eigenvalue weighted by molar-refractivity contribution is 0.413. The molecular formula is C15H18N4O. The standard InChI is InChI=1S/C15H18N4O/c1-6-19(10-13(17-4)11(2)3)15-7-14(20-5)12(8-16)9-18-15/h6-7,9-10,17H,1-2H2,3-5H3/b13-10-. The van der Waals surface area contributed by atoms with Crippen molar-refractivity contribution in [2.24, 2.45) is 0 Å². The SMILES string of the molecule is C=CN(/C=C(\NC)C(=C)C)c1cc(OC)c(C#N)cn1. The second kappa shape index (κ2) is 7.00. The molecule has 5 heteroatoms. The van der Waals surface area contributed by atoms with Crippen molar-refractivity contribution in [2.75, 3.05) is 19.1 Å². The molecule has 1 rings (SSSR count). The quantitative estimate of drug-likeness (QED) is 0.805. The summed E-state index contributed by atoms with van der Waals surface area (Å²) in [4.78, 5) is 5.95. The molecule has 104 valence electrons. The lowest BCUT2D eigenvalue weighted by atomic mass is 10.2. The maximum Gasteiger partial charge on any atom is 0.141 e. The second-order valence-electron chi connectivity index (χ2n) is 4.02. The Balaban J connectivity index is 3.23. The highest BCUT2D eigenvalue weighted by molar-refractivity contribution is 5.55. The van der Waals surface area contributed by atoms with Crippen molar-refractivity contribution in [3.8, 4) is 11.8 Å². The van der Waals surface area contributed by atoms with Crippen LogP contribution >= 0.6 is 0 Å². The number of nitrogens with zero attached hydrogens (tertiary/aromatic N) is 3. The molecule has 1 aromatic rings. The fraction of sp³-hybridized carbons (Fsp3) is 0.200. The number of aromatic nitrogens is 1. The van der Waals surface area contributed by atoms with Gasteiger partial charge in [0.05, 0.1) is 19.0 Å². The van der Waals surface area contributed by atoms with Crippen LogP contribution in [0.15, 0.2) is 49.1 Å². The van der Waals surface area contributed by atoms with Crippen molar-refractivity contribution >= 4 is 5.82 Å². The second-order valence-corrected chi connectivity index (χ2v) is 4.02. The number of hydrogen-bond acceptors (Lipinski definition) is 5. The Kier molecular flexibility index (Phi) is 5.36. The van der Waals surface area contributed by atoms with E-state index >= 15 is 0 Å². The van der Waals surface area contributed by atoms with Crippen molar-refractivity contribution in [3.63, 3.8) is 0 Å². The molecule has 0 atom stereocenters. The van der Waals surface area contributed by atoms with Gasteiger partial charge >= 0.3 is 0 Å². The van der Waals surface area contributed by atoms with Crippen LogP contribution < -0.4 is 15.0 Å². The van der Waals surface area contributed by atoms with Crippen LogP contribution in [0.4, 0.5) is 5.82 Å². The summed E-state index contributed by atoms with van der Waals surface area (Å²) in [5.74, 6) is 1.07. The number of nitriles is 1. The summed E-state index contributed by atoms with van der Waals surface area (Å²) >= 11 is 0. The smallest absolute Gasteiger partial charge is 0.141 e. The van der Waals surface area contributed by atoms with E-state index in [0.717, 1.165) is 11.3 Å². The van der Waals surface area contributed by atoms with E-state index in [4.69, 9.17) is 10.00 Å². The summed E-state index contributed by atoms with van der Waals surface area (Å²) in [5, 5.41) is 12.0. The van der Waals surface area contributed by atoms with Gasteiger partial charge in [-0.3, -0.25) is 0 Å². The average molecular weight is 270 g/mol. The Bertz CT molecular complexity index is 584. The van der Waals surface area contributed by atoms with Crippen LogP contribution in [0.5, 0.6) is 5.75 Å². The van der Waals surface area contributed by atoms with Gasteiger partial charge in [0.25, 0.3) is 0 Å². The molecule has 0 aromatic carbocycles. The van der Waals surface area contributed by atoms with Crippen LogP contribution in [0.25, 0.3) is 0 Å². The Morgan fingerprint density at radius 1 is 1.60 bits per heavy atom. The molecule has 0 aliphatic carbocycles. The van der Waals surface area contributed by atoms with Crippen LogP contribution in [0.1, 0.15) is 12.5 Å². The van der Waals surface area contributed by atoms with Crippen molar-refractivity contribution < 1.29 is 4.74 Å². The number of nitrogens with one attached hydrogen (secondary N) is 1. The summed E-state index contributed by atoms with van der Waals surface area (Å²) in [5.41, 5.74) is 2.13. The fourth-order valence-electron chi connectivity index (χ4n) is 1.56. The molecule has 0 spiro atoms. The number of likely N-dealkylation sites (N-methyl/N-ethyl adjacent to an activating group) is 1. The summed E-state index contributed by atoms with van der Waals surface area (Å²) in [6.45, 7) is 9.55. The van der Waals surface area contributed by atoms with Gasteiger partial charge in [0.15, 0.2) is 0 Å². The minimum atomic E-state index is 0.387. The third-order valence-electron chi connectivity index (χ3n) is 2.65. The zero-order valence-corrected chi connectivity index (χ0v) is 12.0. The first-order chi connectivity index (χ1) is 9.57. The number of allylic oxidation sites excluding steroid dienone is 1. The number of anilines is 1. The van der Waals surface area contributed by atoms with Gasteiger partial charge in [0, 0.05) is 25.5 Å². The third kappa shape index (κ3) is 3.39. The van der Waals surface area contributed by atoms with Crippen molar-refractivity contribution in [2.45, 2.75) is 6.92 Å². The van der Waals surface area contributed by atoms with E-state index in [1.54, 1.807) is 17.2 Å². The van der Waals surface area contributed by atoms with E-state index in [9.17, 15) is 0 Å². The highest BCUT2D eigenvalue weighted by Gasteiger charge is 2.09. The number of hydrogen-bond donors (Lipinski definition) is 1. The van der Waals surface area contributed by atoms with Gasteiger partial charge in [0.1, 0.15) is 23.2 Å². The number of pyridine rings is 1. The molecule has 0 amide bonds. The zero-order valence-electron chi connectivity index (χ0n) is 12.0. The first-order valence-corrected chi connectivity index (χ1v) is 5.97. The molecule has 1 aromatic heterocycles. The number of methoxy groups -OCH3 is 1. The molecule has 0 aliphatic rings. The fourth-order valence-corrected chi connectivity index (χ4v) is 1.56. The molecule has 0 radical (unpaired) electrons. The van der Waals surface area contributed by atoms with Gasteiger partial charge in [0.2, 0.25) is 0 Å². The molecule has 1 N–H and O–H groups in total. The molecule has 20 heavy (non-hydrogen) atoms. The highest BCUT2D eigenvalue weighted by atomic mass is 16.5. The van der Waals surface area contributed by atoms with E-state index in [1.165, 1.54) is 13.3 Å². The molecule has 1 heterocycles. The molecule has 0 unspecified atom stereocenters. The van der Waals surface area contributed by atoms with Crippen LogP contribution in [0.3, 0.4) is 0 Å². The van der Waals surface area contributed by atoms with Crippen LogP contribution in [0.2, 0.25) is 0 Å². The molecule has 0 fully saturated rings. The average Bonchev–Trinajstić information content (AvgIpc) is 2.47. The topological polar surface area (TPSA) is 61.2 Å². The Morgan fingerprint density at radius 3 is 2.75 bits per heavy atom.